The Bertz CT molecular complexity index is 3610. The number of ether oxygens (including phenoxy) is 3. The van der Waals surface area contributed by atoms with Crippen molar-refractivity contribution >= 4 is 93.8 Å². The second-order valence-electron chi connectivity index (χ2n) is 25.8. The molecule has 4 atom stereocenters. The van der Waals surface area contributed by atoms with E-state index in [0.29, 0.717) is 67.6 Å². The number of hydrogen-bond donors (Lipinski definition) is 2. The summed E-state index contributed by atoms with van der Waals surface area (Å²) in [6.45, 7) is 17.1. The molecule has 2 N–H and O–H groups in total. The van der Waals surface area contributed by atoms with Crippen LogP contribution in [0.2, 0.25) is 20.1 Å². The van der Waals surface area contributed by atoms with Crippen molar-refractivity contribution in [3.05, 3.63) is 198 Å². The summed E-state index contributed by atoms with van der Waals surface area (Å²) in [7, 11) is 0. The maximum atomic E-state index is 15.2. The van der Waals surface area contributed by atoms with Crippen LogP contribution in [0.15, 0.2) is 143 Å². The normalized spacial score (nSPS) is 18.4. The van der Waals surface area contributed by atoms with E-state index in [9.17, 15) is 19.2 Å². The summed E-state index contributed by atoms with van der Waals surface area (Å²) < 4.78 is 18.3. The number of amides is 8. The van der Waals surface area contributed by atoms with Crippen molar-refractivity contribution < 1.29 is 43.0 Å². The van der Waals surface area contributed by atoms with E-state index in [-0.39, 0.29) is 89.5 Å². The van der Waals surface area contributed by atoms with Crippen LogP contribution in [0, 0.1) is 0 Å². The van der Waals surface area contributed by atoms with Crippen LogP contribution in [0.4, 0.5) is 9.59 Å². The number of carbonyl (C=O) groups excluding carboxylic acids is 6. The lowest BCUT2D eigenvalue weighted by atomic mass is 9.86. The molecule has 23 heteroatoms. The highest BCUT2D eigenvalue weighted by Gasteiger charge is 2.48. The first-order valence-corrected chi connectivity index (χ1v) is 33.5. The van der Waals surface area contributed by atoms with Crippen molar-refractivity contribution in [1.82, 2.24) is 40.0 Å². The Morgan fingerprint density at radius 2 is 0.821 bits per heavy atom. The third-order valence-electron chi connectivity index (χ3n) is 17.2. The fourth-order valence-electron chi connectivity index (χ4n) is 12.1. The molecule has 10 rings (SSSR count). The Morgan fingerprint density at radius 3 is 1.14 bits per heavy atom. The lowest BCUT2D eigenvalue weighted by Crippen LogP contribution is -2.57. The average Bonchev–Trinajstić information content (AvgIpc) is 1.62. The van der Waals surface area contributed by atoms with Gasteiger partial charge in [0.15, 0.2) is 0 Å². The first kappa shape index (κ1) is 69.6. The van der Waals surface area contributed by atoms with Crippen LogP contribution in [-0.2, 0) is 34.7 Å². The number of hydrogen-bond acceptors (Lipinski definition) is 11. The number of nitrogens with zero attached hydrogens (tertiary/aromatic N) is 8. The first-order valence-electron chi connectivity index (χ1n) is 32.0. The van der Waals surface area contributed by atoms with E-state index in [4.69, 9.17) is 70.6 Å². The van der Waals surface area contributed by atoms with Crippen LogP contribution >= 0.6 is 46.4 Å². The Balaban J connectivity index is 0.714. The second kappa shape index (κ2) is 30.3. The number of piperazine rings is 2. The quantitative estimate of drug-likeness (QED) is 0.0698. The molecule has 2 saturated heterocycles. The molecule has 8 amide bonds. The third kappa shape index (κ3) is 16.4. The molecule has 4 unspecified atom stereocenters. The SMILES string of the molecule is CCOc1cc(C(C)(C)C)ccc1C1=NC(c2ccc(Cl)cc2)C(c2ccc(Cl)cc2)N1C(=O)N1CCN(CC(=O)NCCOCCNC(=O)CN2CCN(C(=O)N3C(c4ccc(C(C)(C)C)cc4OCC)=NC(c4ccc(Cl)cc4)C3c3ccc(Cl)cc3)CC2=O)C(=O)C1. The molecule has 0 saturated carbocycles. The van der Waals surface area contributed by atoms with Gasteiger partial charge in [-0.3, -0.25) is 39.0 Å². The van der Waals surface area contributed by atoms with Crippen molar-refractivity contribution in [2.24, 2.45) is 9.98 Å². The fraction of sp³-hybridized carbons (Fsp3) is 0.389. The third-order valence-corrected chi connectivity index (χ3v) is 18.2. The van der Waals surface area contributed by atoms with E-state index in [0.717, 1.165) is 33.4 Å². The van der Waals surface area contributed by atoms with Gasteiger partial charge in [0, 0.05) is 59.4 Å². The summed E-state index contributed by atoms with van der Waals surface area (Å²) in [4.78, 5) is 105. The van der Waals surface area contributed by atoms with Crippen molar-refractivity contribution in [3.63, 3.8) is 0 Å². The largest absolute Gasteiger partial charge is 0.493 e. The molecular weight excluding hydrogens is 1290 g/mol. The Hall–Kier alpha value is -8.20. The van der Waals surface area contributed by atoms with Gasteiger partial charge in [-0.15, -0.1) is 0 Å². The summed E-state index contributed by atoms with van der Waals surface area (Å²) in [6.07, 6.45) is 0. The van der Waals surface area contributed by atoms with Gasteiger partial charge in [-0.25, -0.2) is 9.59 Å². The fourth-order valence-corrected chi connectivity index (χ4v) is 12.6. The number of aliphatic imine (C=N–C) groups is 2. The number of halogens is 4. The predicted octanol–water partition coefficient (Wildman–Crippen LogP) is 12.3. The van der Waals surface area contributed by atoms with E-state index in [1.807, 2.05) is 98.8 Å². The number of nitrogens with one attached hydrogen (secondary N) is 2. The Morgan fingerprint density at radius 1 is 0.484 bits per heavy atom. The van der Waals surface area contributed by atoms with Gasteiger partial charge in [0.05, 0.1) is 62.7 Å². The molecule has 19 nitrogen and oxygen atoms in total. The number of amidine groups is 2. The monoisotopic (exact) mass is 1370 g/mol. The van der Waals surface area contributed by atoms with Gasteiger partial charge < -0.3 is 44.4 Å². The van der Waals surface area contributed by atoms with Crippen molar-refractivity contribution in [2.75, 3.05) is 91.9 Å². The lowest BCUT2D eigenvalue weighted by Gasteiger charge is -2.38. The number of urea groups is 2. The lowest BCUT2D eigenvalue weighted by molar-refractivity contribution is -0.139. The first-order chi connectivity index (χ1) is 45.4. The van der Waals surface area contributed by atoms with Gasteiger partial charge in [0.25, 0.3) is 0 Å². The molecule has 4 heterocycles. The summed E-state index contributed by atoms with van der Waals surface area (Å²) in [5.74, 6) is 0.255. The van der Waals surface area contributed by atoms with Crippen LogP contribution in [-0.4, -0.2) is 169 Å². The van der Waals surface area contributed by atoms with E-state index in [1.54, 1.807) is 58.3 Å². The van der Waals surface area contributed by atoms with Gasteiger partial charge in [-0.2, -0.15) is 0 Å². The smallest absolute Gasteiger partial charge is 0.326 e. The van der Waals surface area contributed by atoms with Crippen molar-refractivity contribution in [3.8, 4) is 11.5 Å². The molecule has 0 bridgehead atoms. The molecule has 0 radical (unpaired) electrons. The summed E-state index contributed by atoms with van der Waals surface area (Å²) >= 11 is 25.6. The van der Waals surface area contributed by atoms with Gasteiger partial charge in [-0.1, -0.05) is 149 Å². The molecule has 2 fully saturated rings. The van der Waals surface area contributed by atoms with Crippen molar-refractivity contribution in [2.45, 2.75) is 90.4 Å². The standard InChI is InChI=1S/C72H80Cl4N10O9/c1-9-94-57-39-49(71(3,4)5)19-29-55(57)67-79-63(45-11-21-51(73)22-12-45)65(47-15-25-53(75)26-16-47)85(67)69(91)83-35-33-81(61(89)43-83)41-59(87)77-31-37-93-38-32-78-60(88)42-82-34-36-84(44-62(82)90)70(92)86-66(48-17-27-54(76)28-18-48)64(46-13-23-52(74)24-14-46)80-68(86)56-30-20-50(72(6,7)8)40-58(56)95-10-2/h11-30,39-40,63-66H,9-10,31-38,41-44H2,1-8H3,(H,77,87)(H,78,88). The Kier molecular flexibility index (Phi) is 22.2. The zero-order chi connectivity index (χ0) is 67.9. The van der Waals surface area contributed by atoms with Crippen LogP contribution in [0.5, 0.6) is 11.5 Å². The second-order valence-corrected chi connectivity index (χ2v) is 27.5. The molecule has 6 aromatic carbocycles. The highest BCUT2D eigenvalue weighted by atomic mass is 35.5. The molecular formula is C72H80Cl4N10O9. The molecule has 0 aromatic heterocycles. The van der Waals surface area contributed by atoms with Crippen LogP contribution in [0.25, 0.3) is 0 Å². The van der Waals surface area contributed by atoms with Gasteiger partial charge in [0.1, 0.15) is 48.3 Å². The van der Waals surface area contributed by atoms with E-state index < -0.39 is 59.9 Å². The summed E-state index contributed by atoms with van der Waals surface area (Å²) in [5, 5.41) is 7.74. The number of benzene rings is 6. The highest BCUT2D eigenvalue weighted by molar-refractivity contribution is 6.31. The van der Waals surface area contributed by atoms with E-state index in [1.165, 1.54) is 19.6 Å². The van der Waals surface area contributed by atoms with Crippen LogP contribution < -0.4 is 20.1 Å². The molecule has 6 aromatic rings. The predicted molar refractivity (Wildman–Crippen MR) is 370 cm³/mol. The molecule has 0 spiro atoms. The van der Waals surface area contributed by atoms with Crippen molar-refractivity contribution in [1.29, 1.82) is 0 Å². The van der Waals surface area contributed by atoms with Crippen LogP contribution in [0.1, 0.15) is 124 Å². The summed E-state index contributed by atoms with van der Waals surface area (Å²) in [5.41, 5.74) is 6.09. The molecule has 500 valence electrons. The zero-order valence-electron chi connectivity index (χ0n) is 54.7. The number of carbonyl (C=O) groups is 6. The minimum absolute atomic E-state index is 0.0979. The van der Waals surface area contributed by atoms with Gasteiger partial charge in [-0.05, 0) is 131 Å². The van der Waals surface area contributed by atoms with Gasteiger partial charge >= 0.3 is 12.1 Å². The molecule has 0 aliphatic carbocycles. The summed E-state index contributed by atoms with van der Waals surface area (Å²) in [6, 6.07) is 37.8. The average molecular weight is 1370 g/mol. The van der Waals surface area contributed by atoms with Gasteiger partial charge in [0.2, 0.25) is 23.6 Å². The molecule has 4 aliphatic heterocycles. The topological polar surface area (TPSA) is 198 Å². The minimum atomic E-state index is -0.665. The minimum Gasteiger partial charge on any atom is -0.493 e. The van der Waals surface area contributed by atoms with E-state index in [2.05, 4.69) is 52.2 Å². The van der Waals surface area contributed by atoms with Crippen LogP contribution in [0.3, 0.4) is 0 Å². The molecule has 4 aliphatic rings. The number of rotatable bonds is 20. The maximum Gasteiger partial charge on any atom is 0.326 e. The highest BCUT2D eigenvalue weighted by Crippen LogP contribution is 2.48. The zero-order valence-corrected chi connectivity index (χ0v) is 57.7. The Labute approximate surface area is 575 Å². The van der Waals surface area contributed by atoms with E-state index >= 15 is 9.59 Å². The maximum absolute atomic E-state index is 15.2. The molecule has 95 heavy (non-hydrogen) atoms.